The number of hydrogen-bond donors (Lipinski definition) is 1. The van der Waals surface area contributed by atoms with Crippen molar-refractivity contribution in [3.8, 4) is 0 Å². The second-order valence-electron chi connectivity index (χ2n) is 1.25. The summed E-state index contributed by atoms with van der Waals surface area (Å²) < 4.78 is 3.00. The first-order chi connectivity index (χ1) is 2.27. The van der Waals surface area contributed by atoms with Crippen molar-refractivity contribution >= 4 is 0 Å². The van der Waals surface area contributed by atoms with Crippen molar-refractivity contribution in [2.75, 3.05) is 0 Å². The fourth-order valence-corrected chi connectivity index (χ4v) is 0. The molecule has 0 spiro atoms. The van der Waals surface area contributed by atoms with Crippen molar-refractivity contribution in [1.29, 1.82) is 0 Å². The van der Waals surface area contributed by atoms with Crippen LogP contribution < -0.4 is 3.88 Å². The molecule has 0 aromatic rings. The van der Waals surface area contributed by atoms with E-state index in [0.717, 1.165) is 0 Å². The summed E-state index contributed by atoms with van der Waals surface area (Å²) in [7, 11) is 0. The van der Waals surface area contributed by atoms with Crippen LogP contribution in [0.3, 0.4) is 0 Å². The van der Waals surface area contributed by atoms with Crippen LogP contribution in [0.2, 0.25) is 0 Å². The zero-order chi connectivity index (χ0) is 4.28. The molecule has 1 nitrogen and oxygen atoms in total. The zero-order valence-corrected chi connectivity index (χ0v) is 5.67. The van der Waals surface area contributed by atoms with E-state index in [1.54, 1.807) is 0 Å². The van der Waals surface area contributed by atoms with Gasteiger partial charge in [-0.05, 0) is 0 Å². The van der Waals surface area contributed by atoms with E-state index in [9.17, 15) is 0 Å². The van der Waals surface area contributed by atoms with E-state index < -0.39 is 0 Å². The molecule has 2 heteroatoms. The Morgan fingerprint density at radius 3 is 1.80 bits per heavy atom. The molecule has 0 unspecified atom stereocenters. The van der Waals surface area contributed by atoms with E-state index in [-0.39, 0.29) is 0 Å². The fraction of sp³-hybridized carbons (Fsp3) is 1.00. The molecule has 0 saturated heterocycles. The van der Waals surface area contributed by atoms with Gasteiger partial charge in [0, 0.05) is 0 Å². The molecule has 5 heavy (non-hydrogen) atoms. The number of nitrogens with one attached hydrogen (secondary N) is 1. The first-order valence-electron chi connectivity index (χ1n) is 1.60. The quantitative estimate of drug-likeness (QED) is 0.715. The van der Waals surface area contributed by atoms with E-state index >= 15 is 0 Å². The molecule has 0 atom stereocenters. The van der Waals surface area contributed by atoms with Gasteiger partial charge in [-0.15, -0.1) is 0 Å². The predicted octanol–water partition coefficient (Wildman–Crippen LogP) is 0.446. The maximum atomic E-state index is 3.00. The average molecular weight is 253 g/mol. The van der Waals surface area contributed by atoms with Gasteiger partial charge in [0.15, 0.2) is 0 Å². The molecular weight excluding hydrogens is 245 g/mol. The summed E-state index contributed by atoms with van der Waals surface area (Å²) in [4.78, 5) is 0. The Labute approximate surface area is 44.3 Å². The average Bonchev–Trinajstić information content (AvgIpc) is 1.38. The van der Waals surface area contributed by atoms with Crippen molar-refractivity contribution < 1.29 is 20.1 Å². The molecule has 0 aliphatic carbocycles. The second-order valence-corrected chi connectivity index (χ2v) is 1.90. The molecule has 0 amide bonds. The van der Waals surface area contributed by atoms with Crippen molar-refractivity contribution in [2.45, 2.75) is 19.9 Å². The first kappa shape index (κ1) is 5.65. The minimum atomic E-state index is 0.622. The van der Waals surface area contributed by atoms with Crippen LogP contribution in [0.5, 0.6) is 0 Å². The van der Waals surface area contributed by atoms with Gasteiger partial charge in [0.05, 0.1) is 0 Å². The standard InChI is InChI=1S/C3H8N.Pt/c1-3(2)4;/h3-4H,1-2H3;/q-1;+1. The summed E-state index contributed by atoms with van der Waals surface area (Å²) >= 11 is 2.11. The van der Waals surface area contributed by atoms with Gasteiger partial charge in [-0.3, -0.25) is 0 Å². The Balaban J connectivity index is 2.54. The summed E-state index contributed by atoms with van der Waals surface area (Å²) in [5, 5.41) is 0. The van der Waals surface area contributed by atoms with Gasteiger partial charge < -0.3 is 0 Å². The predicted molar refractivity (Wildman–Crippen MR) is 18.3 cm³/mol. The SMILES string of the molecule is CC(C)[NH][Pt]. The summed E-state index contributed by atoms with van der Waals surface area (Å²) in [5.41, 5.74) is 0. The molecule has 0 aliphatic heterocycles. The van der Waals surface area contributed by atoms with E-state index in [0.29, 0.717) is 6.04 Å². The van der Waals surface area contributed by atoms with Crippen LogP contribution in [0.4, 0.5) is 0 Å². The molecule has 0 aliphatic rings. The van der Waals surface area contributed by atoms with E-state index in [4.69, 9.17) is 0 Å². The van der Waals surface area contributed by atoms with Gasteiger partial charge in [-0.1, -0.05) is 0 Å². The molecule has 1 N–H and O–H groups in total. The molecule has 0 saturated carbocycles. The number of rotatable bonds is 1. The molecule has 0 fully saturated rings. The van der Waals surface area contributed by atoms with Gasteiger partial charge in [-0.2, -0.15) is 0 Å². The van der Waals surface area contributed by atoms with Crippen molar-refractivity contribution in [3.05, 3.63) is 0 Å². The van der Waals surface area contributed by atoms with Crippen LogP contribution in [-0.4, -0.2) is 6.04 Å². The van der Waals surface area contributed by atoms with Gasteiger partial charge >= 0.3 is 43.8 Å². The van der Waals surface area contributed by atoms with Crippen LogP contribution >= 0.6 is 0 Å². The van der Waals surface area contributed by atoms with Crippen LogP contribution in [0, 0.1) is 0 Å². The third-order valence-electron chi connectivity index (χ3n) is 0.183. The molecule has 35 valence electrons. The number of hydrogen-bond acceptors (Lipinski definition) is 1. The minimum absolute atomic E-state index is 0.622. The molecule has 0 heterocycles. The van der Waals surface area contributed by atoms with Gasteiger partial charge in [0.2, 0.25) is 0 Å². The molecular formula is C3H8NPt. The van der Waals surface area contributed by atoms with Crippen molar-refractivity contribution in [3.63, 3.8) is 0 Å². The normalized spacial score (nSPS) is 9.80. The van der Waals surface area contributed by atoms with Crippen molar-refractivity contribution in [2.24, 2.45) is 0 Å². The molecule has 0 rings (SSSR count). The molecule has 0 aromatic heterocycles. The zero-order valence-electron chi connectivity index (χ0n) is 3.39. The van der Waals surface area contributed by atoms with Crippen LogP contribution in [0.1, 0.15) is 13.8 Å². The van der Waals surface area contributed by atoms with Crippen LogP contribution in [0.15, 0.2) is 0 Å². The fourth-order valence-electron chi connectivity index (χ4n) is 0. The third kappa shape index (κ3) is 4.65. The first-order valence-corrected chi connectivity index (χ1v) is 2.74. The maximum absolute atomic E-state index is 3.00. The van der Waals surface area contributed by atoms with E-state index in [1.165, 1.54) is 0 Å². The summed E-state index contributed by atoms with van der Waals surface area (Å²) in [5.74, 6) is 0. The third-order valence-corrected chi connectivity index (χ3v) is 1.49. The van der Waals surface area contributed by atoms with E-state index in [2.05, 4.69) is 37.8 Å². The monoisotopic (exact) mass is 253 g/mol. The molecule has 0 radical (unpaired) electrons. The molecule has 0 aromatic carbocycles. The van der Waals surface area contributed by atoms with Gasteiger partial charge in [0.1, 0.15) is 0 Å². The Hall–Kier alpha value is 0.648. The van der Waals surface area contributed by atoms with Crippen LogP contribution in [-0.2, 0) is 20.1 Å². The Bertz CT molecular complexity index is 20.9. The van der Waals surface area contributed by atoms with Crippen LogP contribution in [0.25, 0.3) is 0 Å². The van der Waals surface area contributed by atoms with E-state index in [1.807, 2.05) is 0 Å². The summed E-state index contributed by atoms with van der Waals surface area (Å²) in [6.45, 7) is 4.21. The Morgan fingerprint density at radius 1 is 1.60 bits per heavy atom. The van der Waals surface area contributed by atoms with Gasteiger partial charge in [0.25, 0.3) is 0 Å². The topological polar surface area (TPSA) is 12.0 Å². The summed E-state index contributed by atoms with van der Waals surface area (Å²) in [6, 6.07) is 0.622. The second kappa shape index (κ2) is 2.86. The molecule has 0 bridgehead atoms. The summed E-state index contributed by atoms with van der Waals surface area (Å²) in [6.07, 6.45) is 0. The Kier molecular flexibility index (Phi) is 3.23. The Morgan fingerprint density at radius 2 is 1.80 bits per heavy atom. The van der Waals surface area contributed by atoms with Crippen molar-refractivity contribution in [1.82, 2.24) is 3.88 Å². The van der Waals surface area contributed by atoms with Gasteiger partial charge in [-0.25, -0.2) is 0 Å².